The topological polar surface area (TPSA) is 90.3 Å². The number of hydrogen-bond donors (Lipinski definition) is 2. The average molecular weight is 481 g/mol. The molecule has 0 fully saturated rings. The van der Waals surface area contributed by atoms with E-state index in [1.54, 1.807) is 6.92 Å². The smallest absolute Gasteiger partial charge is 0.248 e. The second kappa shape index (κ2) is 10.8. The number of carbonyl (C=O) groups excluding carboxylic acids is 1. The van der Waals surface area contributed by atoms with E-state index < -0.39 is 78.0 Å². The molecule has 0 aliphatic carbocycles. The summed E-state index contributed by atoms with van der Waals surface area (Å²) in [5.41, 5.74) is -0.857. The molecule has 0 atom stereocenters. The molecule has 0 saturated heterocycles. The van der Waals surface area contributed by atoms with Gasteiger partial charge in [-0.1, -0.05) is 17.7 Å². The SMILES string of the molecule is [2H]/C(C(=O)Nc1cc2c(Nc3c([2H])c([2H])c(F)c(Cl)c3[2H])c(C#N)cnc2cc1OCC)=C(/[2H])C([2H])([2H])N(C([2H])([2H])[2H])C([2H])([2H])[2H]. The summed E-state index contributed by atoms with van der Waals surface area (Å²) in [5.74, 6) is -2.84. The molecule has 1 heterocycles. The molecule has 0 saturated carbocycles. The number of nitrogens with zero attached hydrogens (tertiary/aromatic N) is 3. The highest BCUT2D eigenvalue weighted by Gasteiger charge is 2.15. The first-order valence-electron chi connectivity index (χ1n) is 15.6. The number of likely N-dealkylation sites (N-methyl/N-ethyl adjacent to an activating group) is 1. The van der Waals surface area contributed by atoms with E-state index >= 15 is 0 Å². The van der Waals surface area contributed by atoms with Crippen LogP contribution in [-0.2, 0) is 4.79 Å². The lowest BCUT2D eigenvalue weighted by molar-refractivity contribution is -0.111. The standard InChI is InChI=1S/C24H23ClFN5O2/c1-4-33-22-12-20-17(11-21(22)30-23(32)6-5-9-31(2)3)24(15(13-27)14-28-20)29-16-7-8-19(26)18(25)10-16/h5-8,10-12,14H,4,9H2,1-3H3,(H,28,29)(H,30,32)/b6-5+/i2D3,3D3,5D,6D,7D,8D,9D2,10D. The fourth-order valence-electron chi connectivity index (χ4n) is 2.66. The molecule has 170 valence electrons. The van der Waals surface area contributed by atoms with Gasteiger partial charge < -0.3 is 20.3 Å². The number of pyridine rings is 1. The fraction of sp³-hybridized carbons (Fsp3) is 0.208. The number of nitrogens with one attached hydrogen (secondary N) is 2. The van der Waals surface area contributed by atoms with Crippen molar-refractivity contribution < 1.29 is 31.7 Å². The molecular weight excluding hydrogens is 445 g/mol. The molecule has 0 unspecified atom stereocenters. The number of aromatic nitrogens is 1. The van der Waals surface area contributed by atoms with Crippen LogP contribution in [0.5, 0.6) is 5.75 Å². The number of fused-ring (bicyclic) bond motifs is 1. The van der Waals surface area contributed by atoms with Gasteiger partial charge in [0.25, 0.3) is 0 Å². The first kappa shape index (κ1) is 12.0. The largest absolute Gasteiger partial charge is 0.492 e. The summed E-state index contributed by atoms with van der Waals surface area (Å²) >= 11 is 5.84. The van der Waals surface area contributed by atoms with Crippen molar-refractivity contribution in [3.05, 3.63) is 65.0 Å². The molecule has 0 spiro atoms. The van der Waals surface area contributed by atoms with Crippen LogP contribution in [0.1, 0.15) is 30.3 Å². The van der Waals surface area contributed by atoms with Crippen molar-refractivity contribution in [2.24, 2.45) is 0 Å². The van der Waals surface area contributed by atoms with Crippen LogP contribution < -0.4 is 15.4 Å². The molecule has 1 amide bonds. The first-order chi connectivity index (χ1) is 21.1. The van der Waals surface area contributed by atoms with Crippen molar-refractivity contribution in [2.75, 3.05) is 37.7 Å². The number of carbonyl (C=O) groups is 1. The van der Waals surface area contributed by atoms with Crippen molar-refractivity contribution in [2.45, 2.75) is 6.92 Å². The van der Waals surface area contributed by atoms with Gasteiger partial charge in [-0.15, -0.1) is 0 Å². The maximum Gasteiger partial charge on any atom is 0.248 e. The average Bonchev–Trinajstić information content (AvgIpc) is 2.95. The first-order valence-corrected chi connectivity index (χ1v) is 9.48. The number of benzene rings is 2. The molecule has 1 aromatic heterocycles. The lowest BCUT2D eigenvalue weighted by atomic mass is 10.1. The maximum atomic E-state index is 14.2. The van der Waals surface area contributed by atoms with Gasteiger partial charge in [0.15, 0.2) is 0 Å². The molecule has 0 aliphatic rings. The summed E-state index contributed by atoms with van der Waals surface area (Å²) in [4.78, 5) is 16.7. The molecular formula is C24H23ClFN5O2. The Morgan fingerprint density at radius 2 is 2.33 bits per heavy atom. The Morgan fingerprint density at radius 3 is 3.06 bits per heavy atom. The highest BCUT2D eigenvalue weighted by Crippen LogP contribution is 2.36. The predicted molar refractivity (Wildman–Crippen MR) is 129 cm³/mol. The van der Waals surface area contributed by atoms with Gasteiger partial charge in [0.2, 0.25) is 5.91 Å². The summed E-state index contributed by atoms with van der Waals surface area (Å²) in [6.07, 6.45) is 1.12. The van der Waals surface area contributed by atoms with Gasteiger partial charge in [-0.25, -0.2) is 4.39 Å². The minimum Gasteiger partial charge on any atom is -0.492 e. The third kappa shape index (κ3) is 5.98. The predicted octanol–water partition coefficient (Wildman–Crippen LogP) is 5.10. The van der Waals surface area contributed by atoms with Crippen molar-refractivity contribution in [3.63, 3.8) is 0 Å². The molecule has 9 heteroatoms. The monoisotopic (exact) mass is 480 g/mol. The van der Waals surface area contributed by atoms with Gasteiger partial charge in [-0.2, -0.15) is 5.26 Å². The summed E-state index contributed by atoms with van der Waals surface area (Å²) in [5, 5.41) is 13.9. The fourth-order valence-corrected chi connectivity index (χ4v) is 2.80. The van der Waals surface area contributed by atoms with E-state index in [1.807, 2.05) is 6.07 Å². The van der Waals surface area contributed by atoms with Crippen molar-refractivity contribution >= 4 is 45.5 Å². The summed E-state index contributed by atoms with van der Waals surface area (Å²) in [6, 6.07) is -1.09. The number of anilines is 3. The maximum absolute atomic E-state index is 14.2. The molecule has 2 N–H and O–H groups in total. The zero-order chi connectivity index (χ0) is 35.1. The van der Waals surface area contributed by atoms with Crippen LogP contribution in [0.15, 0.2) is 48.6 Å². The van der Waals surface area contributed by atoms with Crippen LogP contribution in [0.2, 0.25) is 5.02 Å². The molecule has 0 radical (unpaired) electrons. The van der Waals surface area contributed by atoms with E-state index in [4.69, 9.17) is 34.2 Å². The van der Waals surface area contributed by atoms with Crippen LogP contribution in [-0.4, -0.2) is 42.8 Å². The zero-order valence-corrected chi connectivity index (χ0v) is 17.6. The highest BCUT2D eigenvalue weighted by molar-refractivity contribution is 6.31. The van der Waals surface area contributed by atoms with Crippen LogP contribution in [0.25, 0.3) is 10.9 Å². The lowest BCUT2D eigenvalue weighted by Gasteiger charge is -2.16. The number of rotatable bonds is 8. The summed E-state index contributed by atoms with van der Waals surface area (Å²) < 4.78 is 121. The van der Waals surface area contributed by atoms with E-state index in [2.05, 4.69) is 15.6 Å². The second-order valence-electron chi connectivity index (χ2n) is 6.11. The summed E-state index contributed by atoms with van der Waals surface area (Å²) in [7, 11) is 0. The number of nitriles is 1. The van der Waals surface area contributed by atoms with Gasteiger partial charge in [-0.3, -0.25) is 9.78 Å². The number of ether oxygens (including phenoxy) is 1. The lowest BCUT2D eigenvalue weighted by Crippen LogP contribution is -2.13. The molecule has 0 bridgehead atoms. The zero-order valence-electron chi connectivity index (χ0n) is 29.9. The van der Waals surface area contributed by atoms with Crippen LogP contribution in [0.4, 0.5) is 21.5 Å². The van der Waals surface area contributed by atoms with Gasteiger partial charge in [0.1, 0.15) is 17.6 Å². The number of halogens is 2. The number of amides is 1. The quantitative estimate of drug-likeness (QED) is 0.436. The van der Waals surface area contributed by atoms with Crippen LogP contribution >= 0.6 is 11.6 Å². The second-order valence-corrected chi connectivity index (χ2v) is 6.49. The Kier molecular flexibility index (Phi) is 3.91. The highest BCUT2D eigenvalue weighted by atomic mass is 35.5. The third-order valence-electron chi connectivity index (χ3n) is 3.96. The third-order valence-corrected chi connectivity index (χ3v) is 4.22. The Labute approximate surface area is 214 Å². The Hall–Kier alpha value is -3.67. The van der Waals surface area contributed by atoms with E-state index in [9.17, 15) is 14.4 Å². The van der Waals surface area contributed by atoms with E-state index in [-0.39, 0.29) is 40.2 Å². The van der Waals surface area contributed by atoms with Gasteiger partial charge in [0.05, 0.1) is 40.9 Å². The van der Waals surface area contributed by atoms with Gasteiger partial charge in [0, 0.05) is 46.9 Å². The minimum atomic E-state index is -3.64. The minimum absolute atomic E-state index is 0.0245. The van der Waals surface area contributed by atoms with Crippen LogP contribution in [0, 0.1) is 17.1 Å². The molecule has 2 aromatic carbocycles. The Morgan fingerprint density at radius 1 is 1.52 bits per heavy atom. The van der Waals surface area contributed by atoms with Crippen molar-refractivity contribution in [1.29, 1.82) is 5.26 Å². The van der Waals surface area contributed by atoms with Crippen molar-refractivity contribution in [3.8, 4) is 11.8 Å². The van der Waals surface area contributed by atoms with Gasteiger partial charge >= 0.3 is 0 Å². The van der Waals surface area contributed by atoms with E-state index in [0.29, 0.717) is 0 Å². The molecule has 3 aromatic rings. The molecule has 33 heavy (non-hydrogen) atoms. The van der Waals surface area contributed by atoms with E-state index in [0.717, 1.165) is 6.20 Å². The van der Waals surface area contributed by atoms with Gasteiger partial charge in [-0.05, 0) is 45.1 Å². The number of hydrogen-bond acceptors (Lipinski definition) is 6. The van der Waals surface area contributed by atoms with Crippen molar-refractivity contribution in [1.82, 2.24) is 9.88 Å². The Balaban J connectivity index is 2.21. The van der Waals surface area contributed by atoms with Crippen LogP contribution in [0.3, 0.4) is 0 Å². The molecule has 0 aliphatic heterocycles. The summed E-state index contributed by atoms with van der Waals surface area (Å²) in [6.45, 7) is -9.22. The normalized spacial score (nSPS) is 18.6. The molecule has 7 nitrogen and oxygen atoms in total. The van der Waals surface area contributed by atoms with E-state index in [1.165, 1.54) is 12.1 Å². The Bertz CT molecular complexity index is 1750. The molecule has 3 rings (SSSR count).